The van der Waals surface area contributed by atoms with Crippen LogP contribution in [0.4, 0.5) is 5.69 Å². The van der Waals surface area contributed by atoms with Crippen molar-refractivity contribution in [3.63, 3.8) is 0 Å². The number of para-hydroxylation sites is 1. The van der Waals surface area contributed by atoms with E-state index in [4.69, 9.17) is 5.73 Å². The third-order valence-electron chi connectivity index (χ3n) is 3.75. The average molecular weight is 236 g/mol. The van der Waals surface area contributed by atoms with E-state index < -0.39 is 0 Å². The second-order valence-corrected chi connectivity index (χ2v) is 5.00. The van der Waals surface area contributed by atoms with Crippen molar-refractivity contribution in [1.29, 1.82) is 0 Å². The largest absolute Gasteiger partial charge is 0.386 e. The molecule has 90 valence electrons. The highest BCUT2D eigenvalue weighted by molar-refractivity contribution is 5.95. The maximum Gasteiger partial charge on any atom is 0.110 e. The summed E-state index contributed by atoms with van der Waals surface area (Å²) in [5.74, 6) is 0.701. The number of hydrogen-bond donors (Lipinski definition) is 1. The first-order chi connectivity index (χ1) is 8.70. The van der Waals surface area contributed by atoms with Crippen LogP contribution in [0.15, 0.2) is 59.6 Å². The second-order valence-electron chi connectivity index (χ2n) is 5.00. The van der Waals surface area contributed by atoms with E-state index in [2.05, 4.69) is 36.2 Å². The van der Waals surface area contributed by atoms with Gasteiger partial charge in [-0.1, -0.05) is 48.5 Å². The lowest BCUT2D eigenvalue weighted by molar-refractivity contribution is 0.618. The minimum absolute atomic E-state index is 0.199. The molecular formula is C16H16N2. The van der Waals surface area contributed by atoms with Crippen LogP contribution in [-0.4, -0.2) is 5.84 Å². The molecule has 3 rings (SSSR count). The van der Waals surface area contributed by atoms with E-state index in [9.17, 15) is 0 Å². The maximum atomic E-state index is 6.21. The van der Waals surface area contributed by atoms with Gasteiger partial charge in [-0.25, -0.2) is 4.99 Å². The lowest BCUT2D eigenvalue weighted by atomic mass is 9.74. The predicted octanol–water partition coefficient (Wildman–Crippen LogP) is 3.19. The third-order valence-corrected chi connectivity index (χ3v) is 3.75. The molecule has 1 aliphatic heterocycles. The van der Waals surface area contributed by atoms with Crippen LogP contribution in [0.3, 0.4) is 0 Å². The lowest BCUT2D eigenvalue weighted by Gasteiger charge is -2.33. The lowest BCUT2D eigenvalue weighted by Crippen LogP contribution is -2.42. The predicted molar refractivity (Wildman–Crippen MR) is 75.2 cm³/mol. The minimum atomic E-state index is -0.199. The van der Waals surface area contributed by atoms with Gasteiger partial charge in [-0.05, 0) is 30.5 Å². The van der Waals surface area contributed by atoms with E-state index in [1.807, 2.05) is 30.3 Å². The van der Waals surface area contributed by atoms with Crippen molar-refractivity contribution in [2.45, 2.75) is 18.8 Å². The zero-order valence-corrected chi connectivity index (χ0v) is 10.4. The number of nitrogens with zero attached hydrogens (tertiary/aromatic N) is 1. The van der Waals surface area contributed by atoms with Crippen LogP contribution in [0.2, 0.25) is 0 Å². The molecule has 0 saturated heterocycles. The molecular weight excluding hydrogens is 220 g/mol. The maximum absolute atomic E-state index is 6.21. The van der Waals surface area contributed by atoms with Crippen molar-refractivity contribution in [1.82, 2.24) is 0 Å². The monoisotopic (exact) mass is 236 g/mol. The van der Waals surface area contributed by atoms with Gasteiger partial charge in [0.05, 0.1) is 11.1 Å². The molecule has 0 amide bonds. The highest BCUT2D eigenvalue weighted by atomic mass is 14.9. The number of nitrogens with two attached hydrogens (primary N) is 1. The Morgan fingerprint density at radius 3 is 2.44 bits per heavy atom. The molecule has 2 N–H and O–H groups in total. The normalized spacial score (nSPS) is 22.2. The summed E-state index contributed by atoms with van der Waals surface area (Å²) in [7, 11) is 0. The van der Waals surface area contributed by atoms with Crippen LogP contribution in [-0.2, 0) is 11.8 Å². The molecule has 18 heavy (non-hydrogen) atoms. The molecule has 1 heterocycles. The summed E-state index contributed by atoms with van der Waals surface area (Å²) in [6.45, 7) is 2.16. The molecule has 0 radical (unpaired) electrons. The second kappa shape index (κ2) is 3.98. The molecule has 0 aromatic heterocycles. The van der Waals surface area contributed by atoms with Gasteiger partial charge in [-0.3, -0.25) is 0 Å². The molecule has 2 aromatic rings. The van der Waals surface area contributed by atoms with Crippen LogP contribution >= 0.6 is 0 Å². The van der Waals surface area contributed by atoms with E-state index in [1.165, 1.54) is 11.1 Å². The van der Waals surface area contributed by atoms with Gasteiger partial charge in [0.15, 0.2) is 0 Å². The van der Waals surface area contributed by atoms with Crippen LogP contribution in [0, 0.1) is 0 Å². The fraction of sp³-hybridized carbons (Fsp3) is 0.188. The summed E-state index contributed by atoms with van der Waals surface area (Å²) in [5, 5.41) is 0. The van der Waals surface area contributed by atoms with Crippen LogP contribution in [0.25, 0.3) is 0 Å². The highest BCUT2D eigenvalue weighted by Crippen LogP contribution is 2.36. The van der Waals surface area contributed by atoms with Crippen LogP contribution in [0.1, 0.15) is 18.1 Å². The molecule has 0 bridgehead atoms. The zero-order chi connectivity index (χ0) is 12.6. The van der Waals surface area contributed by atoms with Crippen LogP contribution in [0.5, 0.6) is 0 Å². The Bertz CT molecular complexity index is 602. The highest BCUT2D eigenvalue weighted by Gasteiger charge is 2.34. The topological polar surface area (TPSA) is 38.4 Å². The van der Waals surface area contributed by atoms with Gasteiger partial charge in [-0.2, -0.15) is 0 Å². The number of aliphatic imine (C=N–C) groups is 1. The first kappa shape index (κ1) is 11.0. The number of rotatable bonds is 1. The Balaban J connectivity index is 2.12. The van der Waals surface area contributed by atoms with Gasteiger partial charge < -0.3 is 5.73 Å². The molecule has 2 aromatic carbocycles. The Kier molecular flexibility index (Phi) is 2.44. The van der Waals surface area contributed by atoms with Gasteiger partial charge >= 0.3 is 0 Å². The number of hydrogen-bond acceptors (Lipinski definition) is 2. The number of fused-ring (bicyclic) bond motifs is 1. The van der Waals surface area contributed by atoms with E-state index in [1.54, 1.807) is 0 Å². The zero-order valence-electron chi connectivity index (χ0n) is 10.4. The summed E-state index contributed by atoms with van der Waals surface area (Å²) in [5.41, 5.74) is 9.50. The summed E-state index contributed by atoms with van der Waals surface area (Å²) in [6, 6.07) is 18.6. The van der Waals surface area contributed by atoms with Crippen molar-refractivity contribution in [2.75, 3.05) is 0 Å². The molecule has 1 aliphatic rings. The van der Waals surface area contributed by atoms with Crippen molar-refractivity contribution in [3.05, 3.63) is 65.7 Å². The van der Waals surface area contributed by atoms with Crippen molar-refractivity contribution in [2.24, 2.45) is 10.7 Å². The average Bonchev–Trinajstić information content (AvgIpc) is 2.41. The number of amidine groups is 1. The van der Waals surface area contributed by atoms with Gasteiger partial charge in [0.25, 0.3) is 0 Å². The standard InChI is InChI=1S/C16H16N2/c1-16(13-8-3-2-4-9-13)11-12-7-5-6-10-14(12)18-15(16)17/h2-10H,11H2,1H3,(H2,17,18). The third kappa shape index (κ3) is 1.61. The van der Waals surface area contributed by atoms with E-state index >= 15 is 0 Å². The van der Waals surface area contributed by atoms with E-state index in [0.29, 0.717) is 5.84 Å². The van der Waals surface area contributed by atoms with Gasteiger partial charge in [-0.15, -0.1) is 0 Å². The number of benzene rings is 2. The van der Waals surface area contributed by atoms with Gasteiger partial charge in [0, 0.05) is 0 Å². The van der Waals surface area contributed by atoms with Crippen molar-refractivity contribution in [3.8, 4) is 0 Å². The molecule has 0 aliphatic carbocycles. The van der Waals surface area contributed by atoms with Gasteiger partial charge in [0.1, 0.15) is 5.84 Å². The molecule has 0 spiro atoms. The van der Waals surface area contributed by atoms with Crippen LogP contribution < -0.4 is 5.73 Å². The molecule has 0 saturated carbocycles. The van der Waals surface area contributed by atoms with Crippen molar-refractivity contribution < 1.29 is 0 Å². The molecule has 1 atom stereocenters. The minimum Gasteiger partial charge on any atom is -0.386 e. The fourth-order valence-electron chi connectivity index (χ4n) is 2.55. The Morgan fingerprint density at radius 2 is 1.67 bits per heavy atom. The SMILES string of the molecule is CC1(c2ccccc2)Cc2ccccc2N=C1N. The van der Waals surface area contributed by atoms with Gasteiger partial charge in [0.2, 0.25) is 0 Å². The smallest absolute Gasteiger partial charge is 0.110 e. The summed E-state index contributed by atoms with van der Waals surface area (Å²) < 4.78 is 0. The van der Waals surface area contributed by atoms with E-state index in [0.717, 1.165) is 12.1 Å². The Labute approximate surface area is 107 Å². The molecule has 2 nitrogen and oxygen atoms in total. The summed E-state index contributed by atoms with van der Waals surface area (Å²) in [6.07, 6.45) is 0.905. The Morgan fingerprint density at radius 1 is 1.00 bits per heavy atom. The summed E-state index contributed by atoms with van der Waals surface area (Å²) >= 11 is 0. The van der Waals surface area contributed by atoms with Crippen molar-refractivity contribution >= 4 is 11.5 Å². The molecule has 1 unspecified atom stereocenters. The fourth-order valence-corrected chi connectivity index (χ4v) is 2.55. The molecule has 0 fully saturated rings. The summed E-state index contributed by atoms with van der Waals surface area (Å²) in [4.78, 5) is 4.57. The molecule has 2 heteroatoms. The quantitative estimate of drug-likeness (QED) is 0.811. The first-order valence-corrected chi connectivity index (χ1v) is 6.18. The Hall–Kier alpha value is -2.09. The van der Waals surface area contributed by atoms with E-state index in [-0.39, 0.29) is 5.41 Å². The first-order valence-electron chi connectivity index (χ1n) is 6.18.